The Balaban J connectivity index is 1.66. The van der Waals surface area contributed by atoms with E-state index in [4.69, 9.17) is 5.84 Å². The van der Waals surface area contributed by atoms with Crippen LogP contribution in [0.2, 0.25) is 0 Å². The van der Waals surface area contributed by atoms with Crippen LogP contribution in [0.4, 0.5) is 5.82 Å². The van der Waals surface area contributed by atoms with Crippen molar-refractivity contribution >= 4 is 11.7 Å². The lowest BCUT2D eigenvalue weighted by Gasteiger charge is -2.05. The minimum absolute atomic E-state index is 0.233. The van der Waals surface area contributed by atoms with Gasteiger partial charge in [-0.3, -0.25) is 4.79 Å². The van der Waals surface area contributed by atoms with Crippen molar-refractivity contribution in [1.82, 2.24) is 24.8 Å². The summed E-state index contributed by atoms with van der Waals surface area (Å²) >= 11 is 0. The third-order valence-electron chi connectivity index (χ3n) is 2.72. The molecule has 8 heteroatoms. The van der Waals surface area contributed by atoms with E-state index in [1.807, 2.05) is 10.8 Å². The number of nitrogens with two attached hydrogens (primary N) is 1. The molecule has 1 amide bonds. The van der Waals surface area contributed by atoms with Crippen molar-refractivity contribution < 1.29 is 4.79 Å². The first kappa shape index (κ1) is 13.9. The molecule has 2 aromatic heterocycles. The number of rotatable bonds is 7. The van der Waals surface area contributed by atoms with E-state index in [0.717, 1.165) is 19.4 Å². The van der Waals surface area contributed by atoms with Crippen LogP contribution in [0.5, 0.6) is 0 Å². The van der Waals surface area contributed by atoms with Crippen LogP contribution in [-0.2, 0) is 6.54 Å². The molecule has 0 radical (unpaired) electrons. The Labute approximate surface area is 116 Å². The quantitative estimate of drug-likeness (QED) is 0.377. The Hall–Kier alpha value is -2.48. The van der Waals surface area contributed by atoms with E-state index < -0.39 is 0 Å². The van der Waals surface area contributed by atoms with Crippen LogP contribution in [0, 0.1) is 0 Å². The average Bonchev–Trinajstić information content (AvgIpc) is 3.00. The molecule has 8 nitrogen and oxygen atoms in total. The SMILES string of the molecule is NNc1cnc(C(=O)NCCCCn2ccnc2)cn1. The number of aryl methyl sites for hydroxylation is 1. The molecule has 0 bridgehead atoms. The van der Waals surface area contributed by atoms with E-state index in [1.165, 1.54) is 12.4 Å². The summed E-state index contributed by atoms with van der Waals surface area (Å²) in [6, 6.07) is 0. The molecule has 20 heavy (non-hydrogen) atoms. The summed E-state index contributed by atoms with van der Waals surface area (Å²) in [7, 11) is 0. The molecule has 0 unspecified atom stereocenters. The summed E-state index contributed by atoms with van der Waals surface area (Å²) < 4.78 is 2.01. The molecule has 0 saturated heterocycles. The first-order chi connectivity index (χ1) is 9.79. The molecule has 0 aliphatic heterocycles. The molecule has 0 fully saturated rings. The highest BCUT2D eigenvalue weighted by Crippen LogP contribution is 1.99. The number of hydrazine groups is 1. The maximum absolute atomic E-state index is 11.8. The molecule has 0 aliphatic rings. The molecule has 0 aromatic carbocycles. The van der Waals surface area contributed by atoms with Gasteiger partial charge in [0, 0.05) is 25.5 Å². The Bertz CT molecular complexity index is 523. The van der Waals surface area contributed by atoms with Crippen LogP contribution in [0.15, 0.2) is 31.1 Å². The van der Waals surface area contributed by atoms with Crippen LogP contribution in [0.1, 0.15) is 23.3 Å². The highest BCUT2D eigenvalue weighted by molar-refractivity contribution is 5.91. The zero-order chi connectivity index (χ0) is 14.2. The van der Waals surface area contributed by atoms with Crippen molar-refractivity contribution in [2.75, 3.05) is 12.0 Å². The lowest BCUT2D eigenvalue weighted by molar-refractivity contribution is 0.0947. The fourth-order valence-corrected chi connectivity index (χ4v) is 1.65. The first-order valence-corrected chi connectivity index (χ1v) is 6.32. The predicted octanol–water partition coefficient (Wildman–Crippen LogP) is 0.169. The van der Waals surface area contributed by atoms with Gasteiger partial charge in [-0.15, -0.1) is 0 Å². The Morgan fingerprint density at radius 3 is 2.85 bits per heavy atom. The van der Waals surface area contributed by atoms with E-state index in [9.17, 15) is 4.79 Å². The van der Waals surface area contributed by atoms with Crippen molar-refractivity contribution in [2.24, 2.45) is 5.84 Å². The normalized spacial score (nSPS) is 10.2. The van der Waals surface area contributed by atoms with Gasteiger partial charge in [-0.25, -0.2) is 20.8 Å². The minimum atomic E-state index is -0.233. The summed E-state index contributed by atoms with van der Waals surface area (Å²) in [6.45, 7) is 1.50. The largest absolute Gasteiger partial charge is 0.351 e. The molecular weight excluding hydrogens is 258 g/mol. The summed E-state index contributed by atoms with van der Waals surface area (Å²) in [5, 5.41) is 2.80. The zero-order valence-electron chi connectivity index (χ0n) is 11.0. The standard InChI is InChI=1S/C12H17N7O/c13-18-11-8-16-10(7-17-11)12(20)15-3-1-2-5-19-6-4-14-9-19/h4,6-9H,1-3,5,13H2,(H,15,20)(H,17,18). The van der Waals surface area contributed by atoms with Crippen molar-refractivity contribution in [2.45, 2.75) is 19.4 Å². The summed E-state index contributed by atoms with van der Waals surface area (Å²) in [5.74, 6) is 5.36. The monoisotopic (exact) mass is 275 g/mol. The van der Waals surface area contributed by atoms with Gasteiger partial charge in [-0.2, -0.15) is 0 Å². The van der Waals surface area contributed by atoms with Crippen molar-refractivity contribution in [3.05, 3.63) is 36.8 Å². The summed E-state index contributed by atoms with van der Waals surface area (Å²) in [5.41, 5.74) is 2.63. The number of carbonyl (C=O) groups is 1. The van der Waals surface area contributed by atoms with Gasteiger partial charge in [0.1, 0.15) is 5.69 Å². The van der Waals surface area contributed by atoms with E-state index >= 15 is 0 Å². The van der Waals surface area contributed by atoms with Crippen LogP contribution in [0.3, 0.4) is 0 Å². The van der Waals surface area contributed by atoms with Crippen LogP contribution in [-0.4, -0.2) is 32.0 Å². The Kier molecular flexibility index (Phi) is 5.01. The van der Waals surface area contributed by atoms with Crippen molar-refractivity contribution in [3.8, 4) is 0 Å². The number of amides is 1. The molecule has 0 aliphatic carbocycles. The number of hydrogen-bond donors (Lipinski definition) is 3. The molecular formula is C12H17N7O. The maximum atomic E-state index is 11.8. The van der Waals surface area contributed by atoms with Gasteiger partial charge in [0.05, 0.1) is 18.7 Å². The zero-order valence-corrected chi connectivity index (χ0v) is 11.0. The van der Waals surface area contributed by atoms with Crippen molar-refractivity contribution in [1.29, 1.82) is 0 Å². The third-order valence-corrected chi connectivity index (χ3v) is 2.72. The number of nitrogen functional groups attached to an aromatic ring is 1. The lowest BCUT2D eigenvalue weighted by atomic mass is 10.3. The summed E-state index contributed by atoms with van der Waals surface area (Å²) in [4.78, 5) is 23.6. The number of nitrogens with zero attached hydrogens (tertiary/aromatic N) is 4. The van der Waals surface area contributed by atoms with Gasteiger partial charge in [-0.05, 0) is 12.8 Å². The summed E-state index contributed by atoms with van der Waals surface area (Å²) in [6.07, 6.45) is 10.1. The smallest absolute Gasteiger partial charge is 0.271 e. The fourth-order valence-electron chi connectivity index (χ4n) is 1.65. The van der Waals surface area contributed by atoms with E-state index in [2.05, 4.69) is 25.7 Å². The molecule has 0 spiro atoms. The van der Waals surface area contributed by atoms with Crippen LogP contribution < -0.4 is 16.6 Å². The number of nitrogens with one attached hydrogen (secondary N) is 2. The molecule has 0 saturated carbocycles. The number of carbonyl (C=O) groups excluding carboxylic acids is 1. The van der Waals surface area contributed by atoms with Gasteiger partial charge in [0.15, 0.2) is 5.82 Å². The Morgan fingerprint density at radius 2 is 2.20 bits per heavy atom. The highest BCUT2D eigenvalue weighted by atomic mass is 16.1. The maximum Gasteiger partial charge on any atom is 0.271 e. The number of hydrogen-bond acceptors (Lipinski definition) is 6. The third kappa shape index (κ3) is 4.02. The lowest BCUT2D eigenvalue weighted by Crippen LogP contribution is -2.25. The van der Waals surface area contributed by atoms with Gasteiger partial charge in [0.2, 0.25) is 0 Å². The van der Waals surface area contributed by atoms with Crippen molar-refractivity contribution in [3.63, 3.8) is 0 Å². The first-order valence-electron chi connectivity index (χ1n) is 6.32. The average molecular weight is 275 g/mol. The molecule has 2 aromatic rings. The Morgan fingerprint density at radius 1 is 1.30 bits per heavy atom. The van der Waals surface area contributed by atoms with Crippen LogP contribution in [0.25, 0.3) is 0 Å². The van der Waals surface area contributed by atoms with Gasteiger partial charge in [0.25, 0.3) is 5.91 Å². The van der Waals surface area contributed by atoms with Gasteiger partial charge >= 0.3 is 0 Å². The number of anilines is 1. The fraction of sp³-hybridized carbons (Fsp3) is 0.333. The molecule has 106 valence electrons. The second kappa shape index (κ2) is 7.19. The number of imidazole rings is 1. The van der Waals surface area contributed by atoms with E-state index in [-0.39, 0.29) is 11.6 Å². The highest BCUT2D eigenvalue weighted by Gasteiger charge is 2.06. The second-order valence-electron chi connectivity index (χ2n) is 4.19. The molecule has 2 rings (SSSR count). The molecule has 4 N–H and O–H groups in total. The minimum Gasteiger partial charge on any atom is -0.351 e. The van der Waals surface area contributed by atoms with Crippen LogP contribution >= 0.6 is 0 Å². The topological polar surface area (TPSA) is 111 Å². The van der Waals surface area contributed by atoms with E-state index in [0.29, 0.717) is 12.4 Å². The van der Waals surface area contributed by atoms with Gasteiger partial charge in [-0.1, -0.05) is 0 Å². The molecule has 0 atom stereocenters. The number of unbranched alkanes of at least 4 members (excludes halogenated alkanes) is 1. The number of aromatic nitrogens is 4. The van der Waals surface area contributed by atoms with E-state index in [1.54, 1.807) is 12.5 Å². The predicted molar refractivity (Wildman–Crippen MR) is 73.6 cm³/mol. The molecule has 2 heterocycles. The second-order valence-corrected chi connectivity index (χ2v) is 4.19. The van der Waals surface area contributed by atoms with Gasteiger partial charge < -0.3 is 15.3 Å².